The number of thioether (sulfide) groups is 1. The van der Waals surface area contributed by atoms with E-state index in [2.05, 4.69) is 35.8 Å². The highest BCUT2D eigenvalue weighted by Crippen LogP contribution is 2.07. The predicted molar refractivity (Wildman–Crippen MR) is 61.5 cm³/mol. The van der Waals surface area contributed by atoms with E-state index in [1.165, 1.54) is 44.2 Å². The van der Waals surface area contributed by atoms with E-state index in [4.69, 9.17) is 0 Å². The minimum Gasteiger partial charge on any atom is -0.314 e. The minimum atomic E-state index is 0.841. The highest BCUT2D eigenvalue weighted by atomic mass is 32.2. The van der Waals surface area contributed by atoms with Crippen molar-refractivity contribution in [1.82, 2.24) is 10.2 Å². The summed E-state index contributed by atoms with van der Waals surface area (Å²) in [5, 5.41) is 3.37. The summed E-state index contributed by atoms with van der Waals surface area (Å²) in [6.45, 7) is 10.7. The monoisotopic (exact) mass is 202 g/mol. The number of hydrogen-bond acceptors (Lipinski definition) is 3. The van der Waals surface area contributed by atoms with E-state index in [1.54, 1.807) is 0 Å². The van der Waals surface area contributed by atoms with Crippen LogP contribution in [0.15, 0.2) is 0 Å². The Labute approximate surface area is 86.5 Å². The third-order valence-electron chi connectivity index (χ3n) is 2.21. The Kier molecular flexibility index (Phi) is 5.83. The fraction of sp³-hybridized carbons (Fsp3) is 1.00. The minimum absolute atomic E-state index is 0.841. The van der Waals surface area contributed by atoms with Crippen molar-refractivity contribution in [2.75, 3.05) is 44.2 Å². The average Bonchev–Trinajstić information content (AvgIpc) is 2.14. The average molecular weight is 202 g/mol. The van der Waals surface area contributed by atoms with E-state index < -0.39 is 0 Å². The molecule has 0 saturated carbocycles. The Morgan fingerprint density at radius 1 is 1.31 bits per heavy atom. The van der Waals surface area contributed by atoms with Crippen molar-refractivity contribution in [2.45, 2.75) is 13.8 Å². The van der Waals surface area contributed by atoms with Crippen molar-refractivity contribution in [2.24, 2.45) is 5.92 Å². The van der Waals surface area contributed by atoms with Gasteiger partial charge in [0.2, 0.25) is 0 Å². The third kappa shape index (κ3) is 5.55. The zero-order valence-corrected chi connectivity index (χ0v) is 9.70. The van der Waals surface area contributed by atoms with Crippen LogP contribution in [0.2, 0.25) is 0 Å². The molecule has 13 heavy (non-hydrogen) atoms. The number of piperazine rings is 1. The summed E-state index contributed by atoms with van der Waals surface area (Å²) in [4.78, 5) is 2.56. The van der Waals surface area contributed by atoms with Crippen LogP contribution in [-0.2, 0) is 0 Å². The lowest BCUT2D eigenvalue weighted by atomic mass is 10.3. The maximum Gasteiger partial charge on any atom is 0.0108 e. The van der Waals surface area contributed by atoms with Gasteiger partial charge in [-0.25, -0.2) is 0 Å². The van der Waals surface area contributed by atoms with Gasteiger partial charge in [0.15, 0.2) is 0 Å². The summed E-state index contributed by atoms with van der Waals surface area (Å²) in [7, 11) is 0. The molecule has 0 unspecified atom stereocenters. The van der Waals surface area contributed by atoms with Crippen LogP contribution in [0.1, 0.15) is 13.8 Å². The van der Waals surface area contributed by atoms with Crippen LogP contribution in [0.3, 0.4) is 0 Å². The van der Waals surface area contributed by atoms with E-state index in [9.17, 15) is 0 Å². The molecule has 1 fully saturated rings. The standard InChI is InChI=1S/C10H22N2S/c1-10(2)9-13-8-7-12-5-3-11-4-6-12/h10-11H,3-9H2,1-2H3. The van der Waals surface area contributed by atoms with Gasteiger partial charge in [0.05, 0.1) is 0 Å². The first-order valence-electron chi connectivity index (χ1n) is 5.30. The number of nitrogens with one attached hydrogen (secondary N) is 1. The van der Waals surface area contributed by atoms with Crippen molar-refractivity contribution in [3.05, 3.63) is 0 Å². The molecule has 1 rings (SSSR count). The van der Waals surface area contributed by atoms with Gasteiger partial charge in [0, 0.05) is 38.5 Å². The maximum atomic E-state index is 3.37. The van der Waals surface area contributed by atoms with E-state index in [0.29, 0.717) is 0 Å². The van der Waals surface area contributed by atoms with Gasteiger partial charge in [-0.1, -0.05) is 13.8 Å². The second kappa shape index (κ2) is 6.68. The molecule has 1 saturated heterocycles. The molecule has 1 aliphatic heterocycles. The summed E-state index contributed by atoms with van der Waals surface area (Å²) >= 11 is 2.09. The summed E-state index contributed by atoms with van der Waals surface area (Å²) in [5.74, 6) is 3.46. The Morgan fingerprint density at radius 3 is 2.62 bits per heavy atom. The molecule has 0 aromatic rings. The van der Waals surface area contributed by atoms with Gasteiger partial charge >= 0.3 is 0 Å². The zero-order chi connectivity index (χ0) is 9.52. The molecular weight excluding hydrogens is 180 g/mol. The van der Waals surface area contributed by atoms with Crippen LogP contribution >= 0.6 is 11.8 Å². The molecule has 0 aromatic carbocycles. The molecule has 2 nitrogen and oxygen atoms in total. The fourth-order valence-electron chi connectivity index (χ4n) is 1.45. The SMILES string of the molecule is CC(C)CSCCN1CCNCC1. The van der Waals surface area contributed by atoms with Crippen molar-refractivity contribution in [3.8, 4) is 0 Å². The predicted octanol–water partition coefficient (Wildman–Crippen LogP) is 1.28. The quantitative estimate of drug-likeness (QED) is 0.676. The lowest BCUT2D eigenvalue weighted by molar-refractivity contribution is 0.255. The molecule has 0 aromatic heterocycles. The van der Waals surface area contributed by atoms with Gasteiger partial charge in [0.1, 0.15) is 0 Å². The topological polar surface area (TPSA) is 15.3 Å². The Balaban J connectivity index is 1.92. The molecule has 0 spiro atoms. The third-order valence-corrected chi connectivity index (χ3v) is 3.59. The first kappa shape index (κ1) is 11.3. The lowest BCUT2D eigenvalue weighted by Gasteiger charge is -2.26. The van der Waals surface area contributed by atoms with E-state index in [-0.39, 0.29) is 0 Å². The normalized spacial score (nSPS) is 19.6. The molecule has 3 heteroatoms. The van der Waals surface area contributed by atoms with Gasteiger partial charge in [-0.2, -0.15) is 11.8 Å². The maximum absolute atomic E-state index is 3.37. The van der Waals surface area contributed by atoms with Crippen molar-refractivity contribution in [3.63, 3.8) is 0 Å². The van der Waals surface area contributed by atoms with E-state index >= 15 is 0 Å². The van der Waals surface area contributed by atoms with Gasteiger partial charge in [-0.3, -0.25) is 4.90 Å². The fourth-order valence-corrected chi connectivity index (χ4v) is 2.47. The molecular formula is C10H22N2S. The zero-order valence-electron chi connectivity index (χ0n) is 8.88. The molecule has 0 aliphatic carbocycles. The number of rotatable bonds is 5. The Bertz CT molecular complexity index is 122. The van der Waals surface area contributed by atoms with Crippen molar-refractivity contribution >= 4 is 11.8 Å². The molecule has 1 N–H and O–H groups in total. The Hall–Kier alpha value is 0.270. The van der Waals surface area contributed by atoms with Crippen LogP contribution in [-0.4, -0.2) is 49.1 Å². The first-order valence-corrected chi connectivity index (χ1v) is 6.45. The van der Waals surface area contributed by atoms with Crippen molar-refractivity contribution < 1.29 is 0 Å². The summed E-state index contributed by atoms with van der Waals surface area (Å²) in [5.41, 5.74) is 0. The molecule has 0 amide bonds. The van der Waals surface area contributed by atoms with Crippen LogP contribution in [0.25, 0.3) is 0 Å². The van der Waals surface area contributed by atoms with Crippen LogP contribution in [0.4, 0.5) is 0 Å². The summed E-state index contributed by atoms with van der Waals surface area (Å²) in [6.07, 6.45) is 0. The molecule has 0 atom stereocenters. The molecule has 0 radical (unpaired) electrons. The lowest BCUT2D eigenvalue weighted by Crippen LogP contribution is -2.44. The molecule has 1 heterocycles. The largest absolute Gasteiger partial charge is 0.314 e. The van der Waals surface area contributed by atoms with Crippen LogP contribution in [0, 0.1) is 5.92 Å². The van der Waals surface area contributed by atoms with Crippen LogP contribution < -0.4 is 5.32 Å². The highest BCUT2D eigenvalue weighted by molar-refractivity contribution is 7.99. The van der Waals surface area contributed by atoms with Gasteiger partial charge in [-0.05, 0) is 11.7 Å². The van der Waals surface area contributed by atoms with E-state index in [0.717, 1.165) is 5.92 Å². The van der Waals surface area contributed by atoms with Gasteiger partial charge in [-0.15, -0.1) is 0 Å². The van der Waals surface area contributed by atoms with Crippen LogP contribution in [0.5, 0.6) is 0 Å². The van der Waals surface area contributed by atoms with Gasteiger partial charge in [0.25, 0.3) is 0 Å². The first-order chi connectivity index (χ1) is 6.29. The highest BCUT2D eigenvalue weighted by Gasteiger charge is 2.08. The molecule has 0 bridgehead atoms. The van der Waals surface area contributed by atoms with Crippen molar-refractivity contribution in [1.29, 1.82) is 0 Å². The number of nitrogens with zero attached hydrogens (tertiary/aromatic N) is 1. The Morgan fingerprint density at radius 2 is 2.00 bits per heavy atom. The van der Waals surface area contributed by atoms with Gasteiger partial charge < -0.3 is 5.32 Å². The number of hydrogen-bond donors (Lipinski definition) is 1. The molecule has 1 aliphatic rings. The second-order valence-corrected chi connectivity index (χ2v) is 5.21. The summed E-state index contributed by atoms with van der Waals surface area (Å²) in [6, 6.07) is 0. The second-order valence-electron chi connectivity index (χ2n) is 4.06. The van der Waals surface area contributed by atoms with E-state index in [1.807, 2.05) is 0 Å². The molecule has 78 valence electrons. The smallest absolute Gasteiger partial charge is 0.0108 e. The summed E-state index contributed by atoms with van der Waals surface area (Å²) < 4.78 is 0.